The molecular formula is C18H16ClN3O. The molecule has 0 N–H and O–H groups in total. The summed E-state index contributed by atoms with van der Waals surface area (Å²) in [6.07, 6.45) is 0. The van der Waals surface area contributed by atoms with Gasteiger partial charge in [-0.15, -0.1) is 0 Å². The highest BCUT2D eigenvalue weighted by Crippen LogP contribution is 2.25. The maximum Gasteiger partial charge on any atom is 0.253 e. The molecule has 0 unspecified atom stereocenters. The van der Waals surface area contributed by atoms with Gasteiger partial charge >= 0.3 is 0 Å². The number of rotatable bonds is 2. The zero-order valence-corrected chi connectivity index (χ0v) is 13.3. The minimum Gasteiger partial charge on any atom is -0.367 e. The van der Waals surface area contributed by atoms with Gasteiger partial charge in [0, 0.05) is 36.8 Å². The number of hydrogen-bond donors (Lipinski definition) is 0. The van der Waals surface area contributed by atoms with Crippen LogP contribution in [0.2, 0.25) is 5.02 Å². The Bertz CT molecular complexity index is 747. The second-order valence-corrected chi connectivity index (χ2v) is 5.85. The molecule has 0 atom stereocenters. The summed E-state index contributed by atoms with van der Waals surface area (Å²) in [4.78, 5) is 16.4. The van der Waals surface area contributed by atoms with Gasteiger partial charge < -0.3 is 9.80 Å². The molecule has 1 amide bonds. The van der Waals surface area contributed by atoms with Gasteiger partial charge in [-0.25, -0.2) is 0 Å². The molecule has 5 heteroatoms. The minimum absolute atomic E-state index is 0.0573. The Morgan fingerprint density at radius 3 is 2.39 bits per heavy atom. The number of nitriles is 1. The van der Waals surface area contributed by atoms with E-state index < -0.39 is 0 Å². The molecule has 0 aromatic heterocycles. The Morgan fingerprint density at radius 2 is 1.74 bits per heavy atom. The molecule has 1 aliphatic rings. The maximum atomic E-state index is 12.4. The zero-order valence-electron chi connectivity index (χ0n) is 12.6. The van der Waals surface area contributed by atoms with Gasteiger partial charge in [-0.2, -0.15) is 5.26 Å². The first kappa shape index (κ1) is 15.4. The molecule has 4 nitrogen and oxygen atoms in total. The lowest BCUT2D eigenvalue weighted by molar-refractivity contribution is 0.0747. The second kappa shape index (κ2) is 6.72. The third-order valence-corrected chi connectivity index (χ3v) is 4.24. The molecule has 0 radical (unpaired) electrons. The van der Waals surface area contributed by atoms with Crippen LogP contribution in [0, 0.1) is 11.3 Å². The van der Waals surface area contributed by atoms with Crippen LogP contribution in [0.3, 0.4) is 0 Å². The van der Waals surface area contributed by atoms with Gasteiger partial charge in [0.15, 0.2) is 0 Å². The number of carbonyl (C=O) groups excluding carboxylic acids is 1. The first-order valence-electron chi connectivity index (χ1n) is 7.48. The predicted molar refractivity (Wildman–Crippen MR) is 90.7 cm³/mol. The van der Waals surface area contributed by atoms with Crippen LogP contribution in [-0.2, 0) is 0 Å². The van der Waals surface area contributed by atoms with Gasteiger partial charge in [-0.05, 0) is 30.3 Å². The first-order valence-corrected chi connectivity index (χ1v) is 7.86. The summed E-state index contributed by atoms with van der Waals surface area (Å²) < 4.78 is 0. The maximum absolute atomic E-state index is 12.4. The van der Waals surface area contributed by atoms with Crippen LogP contribution in [-0.4, -0.2) is 37.0 Å². The average molecular weight is 326 g/mol. The van der Waals surface area contributed by atoms with E-state index in [-0.39, 0.29) is 5.91 Å². The fraction of sp³-hybridized carbons (Fsp3) is 0.222. The van der Waals surface area contributed by atoms with Crippen molar-refractivity contribution in [2.45, 2.75) is 0 Å². The third-order valence-electron chi connectivity index (χ3n) is 4.01. The summed E-state index contributed by atoms with van der Waals surface area (Å²) in [7, 11) is 0. The highest BCUT2D eigenvalue weighted by Gasteiger charge is 2.23. The normalized spacial score (nSPS) is 14.4. The van der Waals surface area contributed by atoms with Crippen LogP contribution in [0.4, 0.5) is 5.69 Å². The fourth-order valence-electron chi connectivity index (χ4n) is 2.79. The van der Waals surface area contributed by atoms with E-state index in [4.69, 9.17) is 11.6 Å². The summed E-state index contributed by atoms with van der Waals surface area (Å²) in [5.74, 6) is 0.0573. The molecule has 116 valence electrons. The van der Waals surface area contributed by atoms with E-state index in [1.807, 2.05) is 41.3 Å². The van der Waals surface area contributed by atoms with Crippen LogP contribution >= 0.6 is 11.6 Å². The second-order valence-electron chi connectivity index (χ2n) is 5.42. The molecule has 1 aliphatic heterocycles. The van der Waals surface area contributed by atoms with Crippen LogP contribution < -0.4 is 4.90 Å². The predicted octanol–water partition coefficient (Wildman–Crippen LogP) is 3.17. The van der Waals surface area contributed by atoms with Crippen molar-refractivity contribution in [2.75, 3.05) is 31.1 Å². The third kappa shape index (κ3) is 3.30. The van der Waals surface area contributed by atoms with Crippen molar-refractivity contribution in [3.8, 4) is 6.07 Å². The van der Waals surface area contributed by atoms with Gasteiger partial charge in [0.2, 0.25) is 0 Å². The smallest absolute Gasteiger partial charge is 0.253 e. The Labute approximate surface area is 140 Å². The highest BCUT2D eigenvalue weighted by molar-refractivity contribution is 6.30. The Morgan fingerprint density at radius 1 is 1.04 bits per heavy atom. The molecule has 0 saturated carbocycles. The molecule has 2 aromatic carbocycles. The van der Waals surface area contributed by atoms with Gasteiger partial charge in [-0.1, -0.05) is 29.8 Å². The van der Waals surface area contributed by atoms with Crippen molar-refractivity contribution in [3.05, 3.63) is 64.7 Å². The summed E-state index contributed by atoms with van der Waals surface area (Å²) >= 11 is 5.94. The van der Waals surface area contributed by atoms with Crippen LogP contribution in [0.25, 0.3) is 0 Å². The summed E-state index contributed by atoms with van der Waals surface area (Å²) in [5.41, 5.74) is 2.16. The highest BCUT2D eigenvalue weighted by atomic mass is 35.5. The van der Waals surface area contributed by atoms with Gasteiger partial charge in [-0.3, -0.25) is 4.79 Å². The molecular weight excluding hydrogens is 310 g/mol. The monoisotopic (exact) mass is 325 g/mol. The SMILES string of the molecule is N#Cc1cc(Cl)ccc1N1CCN(C(=O)c2ccccc2)CC1. The number of anilines is 1. The molecule has 2 aromatic rings. The molecule has 1 heterocycles. The number of halogens is 1. The molecule has 0 aliphatic carbocycles. The standard InChI is InChI=1S/C18H16ClN3O/c19-16-6-7-17(15(12-16)13-20)21-8-10-22(11-9-21)18(23)14-4-2-1-3-5-14/h1-7,12H,8-11H2. The molecule has 3 rings (SSSR count). The largest absolute Gasteiger partial charge is 0.367 e. The quantitative estimate of drug-likeness (QED) is 0.852. The van der Waals surface area contributed by atoms with E-state index in [1.54, 1.807) is 12.1 Å². The average Bonchev–Trinajstić information content (AvgIpc) is 2.62. The van der Waals surface area contributed by atoms with Gasteiger partial charge in [0.05, 0.1) is 11.3 Å². The van der Waals surface area contributed by atoms with Crippen molar-refractivity contribution >= 4 is 23.2 Å². The van der Waals surface area contributed by atoms with E-state index in [9.17, 15) is 10.1 Å². The topological polar surface area (TPSA) is 47.3 Å². The van der Waals surface area contributed by atoms with Gasteiger partial charge in [0.25, 0.3) is 5.91 Å². The fourth-order valence-corrected chi connectivity index (χ4v) is 2.96. The van der Waals surface area contributed by atoms with E-state index in [1.165, 1.54) is 0 Å². The molecule has 1 fully saturated rings. The van der Waals surface area contributed by atoms with Crippen molar-refractivity contribution in [3.63, 3.8) is 0 Å². The van der Waals surface area contributed by atoms with E-state index >= 15 is 0 Å². The lowest BCUT2D eigenvalue weighted by Crippen LogP contribution is -2.49. The summed E-state index contributed by atoms with van der Waals surface area (Å²) in [5, 5.41) is 9.82. The first-order chi connectivity index (χ1) is 11.2. The van der Waals surface area contributed by atoms with Crippen molar-refractivity contribution in [2.24, 2.45) is 0 Å². The van der Waals surface area contributed by atoms with Crippen molar-refractivity contribution in [1.82, 2.24) is 4.90 Å². The summed E-state index contributed by atoms with van der Waals surface area (Å²) in [6, 6.07) is 16.8. The van der Waals surface area contributed by atoms with E-state index in [2.05, 4.69) is 11.0 Å². The Kier molecular flexibility index (Phi) is 4.50. The molecule has 1 saturated heterocycles. The zero-order chi connectivity index (χ0) is 16.2. The number of piperazine rings is 1. The van der Waals surface area contributed by atoms with Gasteiger partial charge in [0.1, 0.15) is 6.07 Å². The number of carbonyl (C=O) groups is 1. The summed E-state index contributed by atoms with van der Waals surface area (Å²) in [6.45, 7) is 2.69. The molecule has 0 bridgehead atoms. The van der Waals surface area contributed by atoms with Crippen LogP contribution in [0.5, 0.6) is 0 Å². The van der Waals surface area contributed by atoms with E-state index in [0.29, 0.717) is 42.3 Å². The van der Waals surface area contributed by atoms with Crippen molar-refractivity contribution in [1.29, 1.82) is 5.26 Å². The number of nitrogens with zero attached hydrogens (tertiary/aromatic N) is 3. The molecule has 23 heavy (non-hydrogen) atoms. The van der Waals surface area contributed by atoms with Crippen LogP contribution in [0.15, 0.2) is 48.5 Å². The number of amides is 1. The number of benzene rings is 2. The Hall–Kier alpha value is -2.51. The van der Waals surface area contributed by atoms with Crippen molar-refractivity contribution < 1.29 is 4.79 Å². The lowest BCUT2D eigenvalue weighted by Gasteiger charge is -2.36. The number of hydrogen-bond acceptors (Lipinski definition) is 3. The molecule has 0 spiro atoms. The van der Waals surface area contributed by atoms with E-state index in [0.717, 1.165) is 5.69 Å². The Balaban J connectivity index is 1.70. The van der Waals surface area contributed by atoms with Crippen LogP contribution in [0.1, 0.15) is 15.9 Å². The lowest BCUT2D eigenvalue weighted by atomic mass is 10.1. The minimum atomic E-state index is 0.0573.